The Morgan fingerprint density at radius 3 is 2.66 bits per heavy atom. The van der Waals surface area contributed by atoms with E-state index in [1.807, 2.05) is 0 Å². The standard InChI is InChI=1S/C22H17F2N7O/c1-11-4-3-5-16-30-18(12(2)29-21-19-20(26-9-25-19)27-10-28-21)17(22(32)31(11)16)13-6-14(23)8-15(24)7-13/h3-10,12H,1-2H3,(H2,25,26,27,28,29). The summed E-state index contributed by atoms with van der Waals surface area (Å²) in [6.45, 7) is 3.56. The minimum atomic E-state index is -0.782. The van der Waals surface area contributed by atoms with Crippen molar-refractivity contribution < 1.29 is 8.78 Å². The number of hydrogen-bond acceptors (Lipinski definition) is 6. The van der Waals surface area contributed by atoms with Crippen LogP contribution in [0.15, 0.2) is 53.8 Å². The van der Waals surface area contributed by atoms with E-state index in [9.17, 15) is 13.6 Å². The summed E-state index contributed by atoms with van der Waals surface area (Å²) >= 11 is 0. The number of aryl methyl sites for hydroxylation is 1. The molecule has 1 aromatic carbocycles. The van der Waals surface area contributed by atoms with Gasteiger partial charge in [-0.25, -0.2) is 28.7 Å². The van der Waals surface area contributed by atoms with Crippen molar-refractivity contribution >= 4 is 22.6 Å². The molecule has 32 heavy (non-hydrogen) atoms. The number of pyridine rings is 1. The van der Waals surface area contributed by atoms with Gasteiger partial charge >= 0.3 is 0 Å². The Kier molecular flexibility index (Phi) is 4.62. The maximum absolute atomic E-state index is 14.0. The lowest BCUT2D eigenvalue weighted by molar-refractivity contribution is 0.584. The highest BCUT2D eigenvalue weighted by molar-refractivity contribution is 5.82. The van der Waals surface area contributed by atoms with Gasteiger partial charge < -0.3 is 10.3 Å². The smallest absolute Gasteiger partial charge is 0.266 e. The number of benzene rings is 1. The zero-order chi connectivity index (χ0) is 22.4. The van der Waals surface area contributed by atoms with Gasteiger partial charge in [-0.1, -0.05) is 6.07 Å². The quantitative estimate of drug-likeness (QED) is 0.447. The first-order chi connectivity index (χ1) is 15.4. The number of nitrogens with one attached hydrogen (secondary N) is 2. The first-order valence-electron chi connectivity index (χ1n) is 9.81. The Hall–Kier alpha value is -4.21. The molecule has 10 heteroatoms. The lowest BCUT2D eigenvalue weighted by atomic mass is 10.0. The summed E-state index contributed by atoms with van der Waals surface area (Å²) in [5.74, 6) is -1.10. The van der Waals surface area contributed by atoms with Crippen LogP contribution >= 0.6 is 0 Å². The average molecular weight is 433 g/mol. The summed E-state index contributed by atoms with van der Waals surface area (Å²) in [6, 6.07) is 7.73. The third-order valence-corrected chi connectivity index (χ3v) is 5.21. The number of fused-ring (bicyclic) bond motifs is 2. The Morgan fingerprint density at radius 1 is 1.09 bits per heavy atom. The van der Waals surface area contributed by atoms with Crippen molar-refractivity contribution in [3.63, 3.8) is 0 Å². The topological polar surface area (TPSA) is 101 Å². The van der Waals surface area contributed by atoms with Gasteiger partial charge in [0.2, 0.25) is 0 Å². The molecule has 2 N–H and O–H groups in total. The molecule has 5 aromatic rings. The second-order valence-corrected chi connectivity index (χ2v) is 7.39. The van der Waals surface area contributed by atoms with Gasteiger partial charge in [0.1, 0.15) is 29.1 Å². The number of aromatic nitrogens is 6. The summed E-state index contributed by atoms with van der Waals surface area (Å²) in [4.78, 5) is 33.6. The highest BCUT2D eigenvalue weighted by Crippen LogP contribution is 2.29. The van der Waals surface area contributed by atoms with Gasteiger partial charge in [-0.05, 0) is 43.7 Å². The second-order valence-electron chi connectivity index (χ2n) is 7.39. The van der Waals surface area contributed by atoms with Crippen LogP contribution in [0.5, 0.6) is 0 Å². The maximum atomic E-state index is 14.0. The third kappa shape index (κ3) is 3.25. The summed E-state index contributed by atoms with van der Waals surface area (Å²) in [6.07, 6.45) is 2.87. The largest absolute Gasteiger partial charge is 0.360 e. The van der Waals surface area contributed by atoms with E-state index in [2.05, 4.69) is 30.2 Å². The lowest BCUT2D eigenvalue weighted by Gasteiger charge is -2.19. The predicted octanol–water partition coefficient (Wildman–Crippen LogP) is 3.79. The summed E-state index contributed by atoms with van der Waals surface area (Å²) in [7, 11) is 0. The lowest BCUT2D eigenvalue weighted by Crippen LogP contribution is -2.24. The number of hydrogen-bond donors (Lipinski definition) is 2. The van der Waals surface area contributed by atoms with Gasteiger partial charge in [-0.3, -0.25) is 9.20 Å². The fourth-order valence-corrected chi connectivity index (χ4v) is 3.79. The molecular weight excluding hydrogens is 416 g/mol. The fraction of sp³-hybridized carbons (Fsp3) is 0.136. The third-order valence-electron chi connectivity index (χ3n) is 5.21. The Bertz CT molecular complexity index is 1520. The van der Waals surface area contributed by atoms with E-state index in [1.165, 1.54) is 17.1 Å². The van der Waals surface area contributed by atoms with E-state index in [0.717, 1.165) is 18.2 Å². The predicted molar refractivity (Wildman–Crippen MR) is 115 cm³/mol. The van der Waals surface area contributed by atoms with E-state index in [-0.39, 0.29) is 11.1 Å². The normalized spacial score (nSPS) is 12.4. The van der Waals surface area contributed by atoms with E-state index in [4.69, 9.17) is 0 Å². The van der Waals surface area contributed by atoms with Crippen molar-refractivity contribution in [2.75, 3.05) is 5.32 Å². The van der Waals surface area contributed by atoms with Crippen LogP contribution in [0.2, 0.25) is 0 Å². The molecule has 1 unspecified atom stereocenters. The summed E-state index contributed by atoms with van der Waals surface area (Å²) in [5, 5.41) is 3.21. The first-order valence-corrected chi connectivity index (χ1v) is 9.81. The van der Waals surface area contributed by atoms with Gasteiger partial charge in [-0.15, -0.1) is 0 Å². The number of nitrogens with zero attached hydrogens (tertiary/aromatic N) is 5. The van der Waals surface area contributed by atoms with Gasteiger partial charge in [-0.2, -0.15) is 0 Å². The molecule has 4 aromatic heterocycles. The number of halogens is 2. The van der Waals surface area contributed by atoms with E-state index in [1.54, 1.807) is 32.0 Å². The number of imidazole rings is 1. The van der Waals surface area contributed by atoms with Crippen molar-refractivity contribution in [2.45, 2.75) is 19.9 Å². The highest BCUT2D eigenvalue weighted by atomic mass is 19.1. The number of rotatable bonds is 4. The summed E-state index contributed by atoms with van der Waals surface area (Å²) in [5.41, 5.74) is 2.26. The molecule has 0 bridgehead atoms. The van der Waals surface area contributed by atoms with Crippen molar-refractivity contribution in [1.82, 2.24) is 29.3 Å². The van der Waals surface area contributed by atoms with Crippen molar-refractivity contribution in [1.29, 1.82) is 0 Å². The van der Waals surface area contributed by atoms with Crippen LogP contribution in [0, 0.1) is 18.6 Å². The van der Waals surface area contributed by atoms with Crippen LogP contribution in [0.25, 0.3) is 27.9 Å². The molecule has 0 aliphatic rings. The molecule has 0 spiro atoms. The summed E-state index contributed by atoms with van der Waals surface area (Å²) < 4.78 is 29.5. The molecule has 0 radical (unpaired) electrons. The number of aromatic amines is 1. The van der Waals surface area contributed by atoms with Gasteiger partial charge in [0.25, 0.3) is 5.56 Å². The Morgan fingerprint density at radius 2 is 1.88 bits per heavy atom. The molecule has 0 saturated heterocycles. The van der Waals surface area contributed by atoms with Crippen molar-refractivity contribution in [3.05, 3.63) is 82.4 Å². The fourth-order valence-electron chi connectivity index (χ4n) is 3.79. The van der Waals surface area contributed by atoms with E-state index >= 15 is 0 Å². The van der Waals surface area contributed by atoms with Gasteiger partial charge in [0.05, 0.1) is 23.6 Å². The average Bonchev–Trinajstić information content (AvgIpc) is 3.22. The number of anilines is 1. The van der Waals surface area contributed by atoms with Gasteiger partial charge in [0, 0.05) is 11.8 Å². The van der Waals surface area contributed by atoms with Crippen LogP contribution in [0.4, 0.5) is 14.6 Å². The van der Waals surface area contributed by atoms with Crippen LogP contribution in [0.1, 0.15) is 24.4 Å². The first kappa shape index (κ1) is 19.7. The van der Waals surface area contributed by atoms with Crippen LogP contribution in [-0.2, 0) is 0 Å². The second kappa shape index (κ2) is 7.49. The minimum absolute atomic E-state index is 0.102. The monoisotopic (exact) mass is 433 g/mol. The molecule has 4 heterocycles. The Balaban J connectivity index is 1.74. The van der Waals surface area contributed by atoms with Crippen molar-refractivity contribution in [3.8, 4) is 11.1 Å². The molecular formula is C22H17F2N7O. The van der Waals surface area contributed by atoms with E-state index in [0.29, 0.717) is 34.0 Å². The molecule has 0 aliphatic heterocycles. The molecule has 8 nitrogen and oxygen atoms in total. The minimum Gasteiger partial charge on any atom is -0.360 e. The van der Waals surface area contributed by atoms with Crippen LogP contribution < -0.4 is 10.9 Å². The molecule has 0 fully saturated rings. The van der Waals surface area contributed by atoms with E-state index < -0.39 is 23.2 Å². The van der Waals surface area contributed by atoms with Gasteiger partial charge in [0.15, 0.2) is 11.5 Å². The molecule has 1 atom stereocenters. The number of H-pyrrole nitrogens is 1. The van der Waals surface area contributed by atoms with Crippen LogP contribution in [0.3, 0.4) is 0 Å². The molecule has 5 rings (SSSR count). The Labute approximate surface area is 180 Å². The molecule has 0 saturated carbocycles. The molecule has 0 amide bonds. The van der Waals surface area contributed by atoms with Crippen molar-refractivity contribution in [2.24, 2.45) is 0 Å². The maximum Gasteiger partial charge on any atom is 0.266 e. The molecule has 0 aliphatic carbocycles. The zero-order valence-electron chi connectivity index (χ0n) is 17.1. The molecule has 160 valence electrons. The van der Waals surface area contributed by atoms with Crippen LogP contribution in [-0.4, -0.2) is 29.3 Å². The highest BCUT2D eigenvalue weighted by Gasteiger charge is 2.22. The zero-order valence-corrected chi connectivity index (χ0v) is 17.1. The SMILES string of the molecule is Cc1cccc2nc(C(C)Nc3ncnc4nc[nH]c34)c(-c3cc(F)cc(F)c3)c(=O)n12.